The Morgan fingerprint density at radius 2 is 1.33 bits per heavy atom. The molecule has 12 heteroatoms. The van der Waals surface area contributed by atoms with Crippen molar-refractivity contribution < 1.29 is 38.7 Å². The van der Waals surface area contributed by atoms with Crippen molar-refractivity contribution in [3.63, 3.8) is 0 Å². The van der Waals surface area contributed by atoms with Gasteiger partial charge in [0.05, 0.1) is 21.6 Å². The summed E-state index contributed by atoms with van der Waals surface area (Å²) in [6, 6.07) is 4.88. The monoisotopic (exact) mass is 495 g/mol. The lowest BCUT2D eigenvalue weighted by atomic mass is 9.81. The van der Waals surface area contributed by atoms with Gasteiger partial charge in [0.1, 0.15) is 24.5 Å². The highest BCUT2D eigenvalue weighted by molar-refractivity contribution is 6.33. The summed E-state index contributed by atoms with van der Waals surface area (Å²) in [5.74, 6) is -3.54. The van der Waals surface area contributed by atoms with Crippen molar-refractivity contribution in [3.05, 3.63) is 81.9 Å². The molecule has 2 aromatic rings. The molecule has 0 amide bonds. The molecule has 0 saturated heterocycles. The molecule has 0 atom stereocenters. The Hall–Kier alpha value is -5.00. The van der Waals surface area contributed by atoms with E-state index in [1.165, 1.54) is 12.1 Å². The van der Waals surface area contributed by atoms with Gasteiger partial charge >= 0.3 is 11.9 Å². The second-order valence-electron chi connectivity index (χ2n) is 7.28. The van der Waals surface area contributed by atoms with Crippen LogP contribution in [-0.2, 0) is 19.1 Å². The number of nitrogens with zero attached hydrogens (tertiary/aromatic N) is 1. The molecule has 36 heavy (non-hydrogen) atoms. The number of nitro benzene ring substituents is 1. The molecule has 0 bridgehead atoms. The zero-order valence-corrected chi connectivity index (χ0v) is 18.9. The van der Waals surface area contributed by atoms with Gasteiger partial charge in [-0.25, -0.2) is 9.59 Å². The molecule has 0 spiro atoms. The fourth-order valence-electron chi connectivity index (χ4n) is 3.60. The molecular weight excluding hydrogens is 474 g/mol. The number of carbonyl (C=O) groups excluding carboxylic acids is 4. The van der Waals surface area contributed by atoms with Gasteiger partial charge in [-0.05, 0) is 18.2 Å². The number of fused-ring (bicyclic) bond motifs is 2. The Balaban J connectivity index is 2.04. The number of nitrogens with one attached hydrogen (secondary N) is 2. The molecule has 0 fully saturated rings. The number of hydrogen-bond donors (Lipinski definition) is 3. The maximum atomic E-state index is 13.5. The average Bonchev–Trinajstić information content (AvgIpc) is 2.86. The smallest absolute Gasteiger partial charge is 0.330 e. The first-order chi connectivity index (χ1) is 17.2. The van der Waals surface area contributed by atoms with Crippen LogP contribution in [0.5, 0.6) is 5.75 Å². The molecule has 0 heterocycles. The molecule has 1 aliphatic rings. The molecule has 1 aliphatic carbocycles. The van der Waals surface area contributed by atoms with E-state index in [-0.39, 0.29) is 48.8 Å². The molecule has 3 N–H and O–H groups in total. The second kappa shape index (κ2) is 11.0. The van der Waals surface area contributed by atoms with E-state index in [4.69, 9.17) is 9.47 Å². The van der Waals surface area contributed by atoms with E-state index < -0.39 is 51.0 Å². The number of aromatic hydroxyl groups is 1. The van der Waals surface area contributed by atoms with Crippen molar-refractivity contribution in [1.29, 1.82) is 0 Å². The minimum atomic E-state index is -0.852. The van der Waals surface area contributed by atoms with E-state index in [1.807, 2.05) is 0 Å². The van der Waals surface area contributed by atoms with E-state index in [0.717, 1.165) is 24.3 Å². The summed E-state index contributed by atoms with van der Waals surface area (Å²) < 4.78 is 9.78. The predicted molar refractivity (Wildman–Crippen MR) is 127 cm³/mol. The Kier molecular flexibility index (Phi) is 7.79. The van der Waals surface area contributed by atoms with E-state index >= 15 is 0 Å². The van der Waals surface area contributed by atoms with Crippen molar-refractivity contribution in [2.24, 2.45) is 0 Å². The molecule has 0 saturated carbocycles. The quantitative estimate of drug-likeness (QED) is 0.117. The van der Waals surface area contributed by atoms with Crippen LogP contribution in [0.3, 0.4) is 0 Å². The molecule has 12 nitrogen and oxygen atoms in total. The van der Waals surface area contributed by atoms with Gasteiger partial charge in [0, 0.05) is 42.7 Å². The van der Waals surface area contributed by atoms with E-state index in [9.17, 15) is 34.4 Å². The summed E-state index contributed by atoms with van der Waals surface area (Å²) in [6.45, 7) is 6.52. The normalized spacial score (nSPS) is 11.6. The first-order valence-electron chi connectivity index (χ1n) is 10.5. The van der Waals surface area contributed by atoms with Crippen LogP contribution in [0.25, 0.3) is 0 Å². The highest BCUT2D eigenvalue weighted by Gasteiger charge is 2.40. The third-order valence-electron chi connectivity index (χ3n) is 5.13. The molecule has 0 unspecified atom stereocenters. The minimum absolute atomic E-state index is 0.0484. The number of anilines is 2. The zero-order chi connectivity index (χ0) is 26.4. The van der Waals surface area contributed by atoms with Crippen LogP contribution in [-0.4, -0.2) is 59.8 Å². The van der Waals surface area contributed by atoms with Gasteiger partial charge in [-0.3, -0.25) is 19.7 Å². The predicted octanol–water partition coefficient (Wildman–Crippen LogP) is 2.36. The van der Waals surface area contributed by atoms with E-state index in [2.05, 4.69) is 23.8 Å². The standard InChI is InChI=1S/C24H21N3O9/c1-3-17(29)35-11-9-25-13-5-6-14(26-10-12-36-18(30)4-2)20-19(13)23(31)21-15(27(33)34)7-8-16(28)22(21)24(20)32/h3-8,25-26,28H,1-2,9-12H2. The van der Waals surface area contributed by atoms with Gasteiger partial charge in [-0.1, -0.05) is 13.2 Å². The van der Waals surface area contributed by atoms with Gasteiger partial charge in [-0.2, -0.15) is 0 Å². The first-order valence-corrected chi connectivity index (χ1v) is 10.5. The molecule has 0 radical (unpaired) electrons. The van der Waals surface area contributed by atoms with Crippen LogP contribution < -0.4 is 10.6 Å². The van der Waals surface area contributed by atoms with Crippen molar-refractivity contribution in [1.82, 2.24) is 0 Å². The maximum absolute atomic E-state index is 13.5. The summed E-state index contributed by atoms with van der Waals surface area (Å²) in [6.07, 6.45) is 1.98. The van der Waals surface area contributed by atoms with Crippen LogP contribution in [0.4, 0.5) is 17.1 Å². The minimum Gasteiger partial charge on any atom is -0.507 e. The molecule has 2 aromatic carbocycles. The number of benzene rings is 2. The van der Waals surface area contributed by atoms with Crippen molar-refractivity contribution >= 4 is 40.6 Å². The van der Waals surface area contributed by atoms with Crippen molar-refractivity contribution in [2.45, 2.75) is 0 Å². The van der Waals surface area contributed by atoms with Crippen LogP contribution >= 0.6 is 0 Å². The van der Waals surface area contributed by atoms with Gasteiger partial charge in [0.2, 0.25) is 11.6 Å². The van der Waals surface area contributed by atoms with Crippen LogP contribution in [0.15, 0.2) is 49.6 Å². The Morgan fingerprint density at radius 1 is 0.861 bits per heavy atom. The lowest BCUT2D eigenvalue weighted by molar-refractivity contribution is -0.385. The maximum Gasteiger partial charge on any atom is 0.330 e. The second-order valence-corrected chi connectivity index (χ2v) is 7.28. The van der Waals surface area contributed by atoms with E-state index in [1.54, 1.807) is 0 Å². The number of ketones is 2. The van der Waals surface area contributed by atoms with Crippen molar-refractivity contribution in [2.75, 3.05) is 36.9 Å². The highest BCUT2D eigenvalue weighted by Crippen LogP contribution is 2.42. The van der Waals surface area contributed by atoms with Crippen LogP contribution in [0, 0.1) is 10.1 Å². The number of hydrogen-bond acceptors (Lipinski definition) is 11. The molecule has 0 aromatic heterocycles. The molecule has 0 aliphatic heterocycles. The number of nitro groups is 1. The summed E-state index contributed by atoms with van der Waals surface area (Å²) >= 11 is 0. The number of esters is 2. The summed E-state index contributed by atoms with van der Waals surface area (Å²) in [5, 5.41) is 27.7. The highest BCUT2D eigenvalue weighted by atomic mass is 16.6. The van der Waals surface area contributed by atoms with Gasteiger partial charge in [0.15, 0.2) is 0 Å². The summed E-state index contributed by atoms with van der Waals surface area (Å²) in [4.78, 5) is 60.3. The van der Waals surface area contributed by atoms with Crippen LogP contribution in [0.1, 0.15) is 31.8 Å². The number of phenols is 1. The van der Waals surface area contributed by atoms with Crippen LogP contribution in [0.2, 0.25) is 0 Å². The fourth-order valence-corrected chi connectivity index (χ4v) is 3.60. The molecule has 186 valence electrons. The summed E-state index contributed by atoms with van der Waals surface area (Å²) in [5.41, 5.74) is -1.61. The Labute approximate surface area is 204 Å². The molecular formula is C24H21N3O9. The average molecular weight is 495 g/mol. The largest absolute Gasteiger partial charge is 0.507 e. The SMILES string of the molecule is C=CC(=O)OCCNc1ccc(NCCOC(=O)C=C)c2c1C(=O)c1c(O)ccc([N+](=O)[O-])c1C2=O. The number of carbonyl (C=O) groups is 4. The lowest BCUT2D eigenvalue weighted by Gasteiger charge is -2.24. The number of rotatable bonds is 11. The zero-order valence-electron chi connectivity index (χ0n) is 18.9. The fraction of sp³-hybridized carbons (Fsp3) is 0.167. The van der Waals surface area contributed by atoms with Gasteiger partial charge < -0.3 is 25.2 Å². The first kappa shape index (κ1) is 25.6. The summed E-state index contributed by atoms with van der Waals surface area (Å²) in [7, 11) is 0. The third kappa shape index (κ3) is 5.06. The number of ether oxygens (including phenoxy) is 2. The number of phenolic OH excluding ortho intramolecular Hbond substituents is 1. The van der Waals surface area contributed by atoms with Crippen molar-refractivity contribution in [3.8, 4) is 5.75 Å². The molecule has 3 rings (SSSR count). The lowest BCUT2D eigenvalue weighted by Crippen LogP contribution is -2.26. The van der Waals surface area contributed by atoms with E-state index in [0.29, 0.717) is 0 Å². The Morgan fingerprint density at radius 3 is 1.78 bits per heavy atom. The van der Waals surface area contributed by atoms with Gasteiger partial charge in [-0.15, -0.1) is 0 Å². The van der Waals surface area contributed by atoms with Gasteiger partial charge in [0.25, 0.3) is 5.69 Å². The Bertz CT molecular complexity index is 1300. The topological polar surface area (TPSA) is 174 Å². The third-order valence-corrected chi connectivity index (χ3v) is 5.13.